The molecule has 0 atom stereocenters. The summed E-state index contributed by atoms with van der Waals surface area (Å²) in [4.78, 5) is 19.1. The lowest BCUT2D eigenvalue weighted by molar-refractivity contribution is 0.0711. The number of carbonyl (C=O) groups excluding carboxylic acids is 1. The van der Waals surface area contributed by atoms with Gasteiger partial charge in [-0.1, -0.05) is 12.1 Å². The fourth-order valence-corrected chi connectivity index (χ4v) is 4.30. The third-order valence-electron chi connectivity index (χ3n) is 4.69. The predicted octanol–water partition coefficient (Wildman–Crippen LogP) is 2.52. The molecule has 6 nitrogen and oxygen atoms in total. The van der Waals surface area contributed by atoms with Crippen molar-refractivity contribution >= 4 is 15.9 Å². The van der Waals surface area contributed by atoms with Crippen LogP contribution < -0.4 is 4.72 Å². The zero-order valence-electron chi connectivity index (χ0n) is 15.9. The number of likely N-dealkylation sites (tertiary alicyclic amines) is 1. The van der Waals surface area contributed by atoms with E-state index < -0.39 is 10.0 Å². The van der Waals surface area contributed by atoms with Crippen LogP contribution in [0, 0.1) is 13.8 Å². The number of pyridine rings is 1. The van der Waals surface area contributed by atoms with Crippen LogP contribution in [0.4, 0.5) is 0 Å². The van der Waals surface area contributed by atoms with Crippen LogP contribution in [-0.2, 0) is 10.0 Å². The zero-order valence-corrected chi connectivity index (χ0v) is 16.7. The van der Waals surface area contributed by atoms with Crippen LogP contribution in [0.15, 0.2) is 36.4 Å². The van der Waals surface area contributed by atoms with Crippen molar-refractivity contribution in [1.29, 1.82) is 0 Å². The molecule has 1 amide bonds. The maximum absolute atomic E-state index is 12.7. The lowest BCUT2D eigenvalue weighted by atomic mass is 10.0. The number of benzene rings is 1. The van der Waals surface area contributed by atoms with E-state index in [1.807, 2.05) is 50.2 Å². The van der Waals surface area contributed by atoms with Gasteiger partial charge in [-0.2, -0.15) is 0 Å². The fraction of sp³-hybridized carbons (Fsp3) is 0.400. The Hall–Kier alpha value is -2.25. The summed E-state index contributed by atoms with van der Waals surface area (Å²) < 4.78 is 25.3. The van der Waals surface area contributed by atoms with Crippen LogP contribution >= 0.6 is 0 Å². The minimum Gasteiger partial charge on any atom is -0.339 e. The molecule has 27 heavy (non-hydrogen) atoms. The number of carbonyl (C=O) groups is 1. The maximum Gasteiger partial charge on any atom is 0.253 e. The van der Waals surface area contributed by atoms with Crippen molar-refractivity contribution in [3.05, 3.63) is 53.2 Å². The molecule has 0 aliphatic carbocycles. The average molecular weight is 388 g/mol. The molecule has 144 valence electrons. The Morgan fingerprint density at radius 1 is 1.11 bits per heavy atom. The van der Waals surface area contributed by atoms with E-state index in [2.05, 4.69) is 9.71 Å². The highest BCUT2D eigenvalue weighted by Gasteiger charge is 2.25. The normalized spacial score (nSPS) is 15.7. The highest BCUT2D eigenvalue weighted by Crippen LogP contribution is 2.21. The van der Waals surface area contributed by atoms with Gasteiger partial charge in [-0.05, 0) is 56.5 Å². The molecule has 0 spiro atoms. The standard InChI is InChI=1S/C20H25N3O3S/c1-14-12-15(2)21-19(13-14)16-4-6-17(7-5-16)20(24)23-10-8-18(9-11-23)22-27(3,25)26/h4-7,12-13,18,22H,8-11H2,1-3H3. The number of piperidine rings is 1. The molecule has 3 rings (SSSR count). The molecular weight excluding hydrogens is 362 g/mol. The molecule has 1 aliphatic heterocycles. The molecule has 0 bridgehead atoms. The summed E-state index contributed by atoms with van der Waals surface area (Å²) in [6.07, 6.45) is 2.42. The van der Waals surface area contributed by atoms with E-state index in [0.29, 0.717) is 31.5 Å². The molecule has 7 heteroatoms. The van der Waals surface area contributed by atoms with Crippen LogP contribution in [-0.4, -0.2) is 49.6 Å². The largest absolute Gasteiger partial charge is 0.339 e. The lowest BCUT2D eigenvalue weighted by Crippen LogP contribution is -2.46. The van der Waals surface area contributed by atoms with Crippen molar-refractivity contribution in [2.24, 2.45) is 0 Å². The molecule has 1 saturated heterocycles. The molecular formula is C20H25N3O3S. The highest BCUT2D eigenvalue weighted by atomic mass is 32.2. The Bertz CT molecular complexity index is 911. The van der Waals surface area contributed by atoms with E-state index in [1.54, 1.807) is 4.90 Å². The zero-order chi connectivity index (χ0) is 19.6. The monoisotopic (exact) mass is 387 g/mol. The van der Waals surface area contributed by atoms with Gasteiger partial charge in [0.25, 0.3) is 5.91 Å². The van der Waals surface area contributed by atoms with Gasteiger partial charge < -0.3 is 4.90 Å². The molecule has 1 aromatic heterocycles. The summed E-state index contributed by atoms with van der Waals surface area (Å²) in [5, 5.41) is 0. The third kappa shape index (κ3) is 5.14. The van der Waals surface area contributed by atoms with Crippen molar-refractivity contribution in [3.63, 3.8) is 0 Å². The number of hydrogen-bond acceptors (Lipinski definition) is 4. The second-order valence-electron chi connectivity index (χ2n) is 7.20. The van der Waals surface area contributed by atoms with Gasteiger partial charge in [0, 0.05) is 36.0 Å². The van der Waals surface area contributed by atoms with Gasteiger partial charge in [-0.15, -0.1) is 0 Å². The topological polar surface area (TPSA) is 79.4 Å². The van der Waals surface area contributed by atoms with E-state index in [4.69, 9.17) is 0 Å². The first-order valence-corrected chi connectivity index (χ1v) is 10.9. The second-order valence-corrected chi connectivity index (χ2v) is 8.98. The van der Waals surface area contributed by atoms with E-state index in [0.717, 1.165) is 28.8 Å². The summed E-state index contributed by atoms with van der Waals surface area (Å²) >= 11 is 0. The average Bonchev–Trinajstić information content (AvgIpc) is 2.60. The van der Waals surface area contributed by atoms with Crippen molar-refractivity contribution in [2.75, 3.05) is 19.3 Å². The first-order chi connectivity index (χ1) is 12.7. The van der Waals surface area contributed by atoms with Crippen LogP contribution in [0.1, 0.15) is 34.5 Å². The Balaban J connectivity index is 1.66. The third-order valence-corrected chi connectivity index (χ3v) is 5.45. The van der Waals surface area contributed by atoms with E-state index >= 15 is 0 Å². The molecule has 2 heterocycles. The Morgan fingerprint density at radius 2 is 1.74 bits per heavy atom. The quantitative estimate of drug-likeness (QED) is 0.874. The van der Waals surface area contributed by atoms with Crippen LogP contribution in [0.5, 0.6) is 0 Å². The van der Waals surface area contributed by atoms with Gasteiger partial charge in [-0.3, -0.25) is 9.78 Å². The van der Waals surface area contributed by atoms with Crippen molar-refractivity contribution < 1.29 is 13.2 Å². The van der Waals surface area contributed by atoms with Crippen LogP contribution in [0.3, 0.4) is 0 Å². The van der Waals surface area contributed by atoms with Crippen LogP contribution in [0.2, 0.25) is 0 Å². The molecule has 1 aliphatic rings. The van der Waals surface area contributed by atoms with Crippen molar-refractivity contribution in [3.8, 4) is 11.3 Å². The highest BCUT2D eigenvalue weighted by molar-refractivity contribution is 7.88. The summed E-state index contributed by atoms with van der Waals surface area (Å²) in [6.45, 7) is 5.10. The molecule has 0 unspecified atom stereocenters. The lowest BCUT2D eigenvalue weighted by Gasteiger charge is -2.32. The van der Waals surface area contributed by atoms with Gasteiger partial charge in [0.1, 0.15) is 0 Å². The summed E-state index contributed by atoms with van der Waals surface area (Å²) in [5.74, 6) is -0.0206. The molecule has 1 fully saturated rings. The Kier molecular flexibility index (Phi) is 5.62. The van der Waals surface area contributed by atoms with Crippen molar-refractivity contribution in [1.82, 2.24) is 14.6 Å². The first kappa shape index (κ1) is 19.5. The second kappa shape index (κ2) is 7.78. The number of sulfonamides is 1. The molecule has 1 N–H and O–H groups in total. The summed E-state index contributed by atoms with van der Waals surface area (Å²) in [6, 6.07) is 11.5. The first-order valence-electron chi connectivity index (χ1n) is 9.03. The van der Waals surface area contributed by atoms with Gasteiger partial charge >= 0.3 is 0 Å². The number of aryl methyl sites for hydroxylation is 2. The van der Waals surface area contributed by atoms with E-state index in [-0.39, 0.29) is 11.9 Å². The van der Waals surface area contributed by atoms with Crippen LogP contribution in [0.25, 0.3) is 11.3 Å². The number of amides is 1. The number of nitrogens with zero attached hydrogens (tertiary/aromatic N) is 2. The van der Waals surface area contributed by atoms with Gasteiger partial charge in [0.05, 0.1) is 11.9 Å². The minimum atomic E-state index is -3.21. The summed E-state index contributed by atoms with van der Waals surface area (Å²) in [5.41, 5.74) is 4.64. The molecule has 1 aromatic carbocycles. The smallest absolute Gasteiger partial charge is 0.253 e. The number of aromatic nitrogens is 1. The van der Waals surface area contributed by atoms with E-state index in [9.17, 15) is 13.2 Å². The fourth-order valence-electron chi connectivity index (χ4n) is 3.46. The maximum atomic E-state index is 12.7. The summed E-state index contributed by atoms with van der Waals surface area (Å²) in [7, 11) is -3.21. The minimum absolute atomic E-state index is 0.0206. The van der Waals surface area contributed by atoms with Gasteiger partial charge in [-0.25, -0.2) is 13.1 Å². The number of hydrogen-bond donors (Lipinski definition) is 1. The number of nitrogens with one attached hydrogen (secondary N) is 1. The SMILES string of the molecule is Cc1cc(C)nc(-c2ccc(C(=O)N3CCC(NS(C)(=O)=O)CC3)cc2)c1. The van der Waals surface area contributed by atoms with E-state index in [1.165, 1.54) is 0 Å². The van der Waals surface area contributed by atoms with Gasteiger partial charge in [0.2, 0.25) is 10.0 Å². The van der Waals surface area contributed by atoms with Gasteiger partial charge in [0.15, 0.2) is 0 Å². The predicted molar refractivity (Wildman–Crippen MR) is 106 cm³/mol. The Morgan fingerprint density at radius 3 is 2.30 bits per heavy atom. The Labute approximate surface area is 160 Å². The molecule has 2 aromatic rings. The number of rotatable bonds is 4. The molecule has 0 radical (unpaired) electrons. The molecule has 0 saturated carbocycles. The van der Waals surface area contributed by atoms with Crippen molar-refractivity contribution in [2.45, 2.75) is 32.7 Å².